The van der Waals surface area contributed by atoms with Crippen LogP contribution in [0.1, 0.15) is 48.9 Å². The Morgan fingerprint density at radius 1 is 1.04 bits per heavy atom. The van der Waals surface area contributed by atoms with Crippen LogP contribution in [0.25, 0.3) is 0 Å². The molecule has 1 aliphatic carbocycles. The van der Waals surface area contributed by atoms with Gasteiger partial charge in [0, 0.05) is 12.1 Å². The molecule has 0 heterocycles. The molecule has 1 aliphatic rings. The highest BCUT2D eigenvalue weighted by Gasteiger charge is 2.17. The third kappa shape index (κ3) is 5.33. The Balaban J connectivity index is 1.52. The van der Waals surface area contributed by atoms with Gasteiger partial charge in [0.25, 0.3) is 5.91 Å². The van der Waals surface area contributed by atoms with Gasteiger partial charge in [-0.2, -0.15) is 0 Å². The number of nitrogens with one attached hydrogen (secondary N) is 1. The van der Waals surface area contributed by atoms with Crippen molar-refractivity contribution < 1.29 is 19.1 Å². The molecule has 0 spiro atoms. The van der Waals surface area contributed by atoms with Crippen LogP contribution in [0.3, 0.4) is 0 Å². The van der Waals surface area contributed by atoms with E-state index in [1.807, 2.05) is 6.07 Å². The van der Waals surface area contributed by atoms with Gasteiger partial charge in [-0.15, -0.1) is 0 Å². The van der Waals surface area contributed by atoms with Crippen molar-refractivity contribution in [2.24, 2.45) is 5.92 Å². The molecule has 1 saturated carbocycles. The molecular weight excluding hydrogens is 342 g/mol. The van der Waals surface area contributed by atoms with Gasteiger partial charge in [-0.1, -0.05) is 37.8 Å². The molecule has 3 rings (SSSR count). The second kappa shape index (κ2) is 9.21. The lowest BCUT2D eigenvalue weighted by Gasteiger charge is -2.10. The first kappa shape index (κ1) is 19.0. The van der Waals surface area contributed by atoms with Crippen LogP contribution >= 0.6 is 0 Å². The third-order valence-electron chi connectivity index (χ3n) is 4.93. The Morgan fingerprint density at radius 3 is 2.44 bits per heavy atom. The fourth-order valence-electron chi connectivity index (χ4n) is 3.44. The maximum Gasteiger partial charge on any atom is 0.311 e. The van der Waals surface area contributed by atoms with E-state index in [0.29, 0.717) is 35.1 Å². The standard InChI is InChI=1S/C22H25NO4/c1-26-20-9-5-4-8-19(20)22(25)23-17-11-13-18(14-12-17)27-21(24)15-10-16-6-2-3-7-16/h4-5,8-9,11-14,16H,2-3,6-7,10,15H2,1H3,(H,23,25). The molecule has 0 aromatic heterocycles. The molecule has 0 unspecified atom stereocenters. The lowest BCUT2D eigenvalue weighted by Crippen LogP contribution is -2.13. The summed E-state index contributed by atoms with van der Waals surface area (Å²) in [6.45, 7) is 0. The Hall–Kier alpha value is -2.82. The Bertz CT molecular complexity index is 779. The van der Waals surface area contributed by atoms with Crippen LogP contribution in [0.4, 0.5) is 5.69 Å². The number of anilines is 1. The maximum absolute atomic E-state index is 12.4. The van der Waals surface area contributed by atoms with Gasteiger partial charge in [0.05, 0.1) is 12.7 Å². The molecule has 0 radical (unpaired) electrons. The first-order valence-corrected chi connectivity index (χ1v) is 9.41. The fraction of sp³-hybridized carbons (Fsp3) is 0.364. The third-order valence-corrected chi connectivity index (χ3v) is 4.93. The first-order chi connectivity index (χ1) is 13.2. The number of methoxy groups -OCH3 is 1. The average molecular weight is 367 g/mol. The summed E-state index contributed by atoms with van der Waals surface area (Å²) in [5.41, 5.74) is 1.08. The van der Waals surface area contributed by atoms with E-state index in [1.54, 1.807) is 42.5 Å². The van der Waals surface area contributed by atoms with Crippen molar-refractivity contribution in [3.8, 4) is 11.5 Å². The molecule has 0 aliphatic heterocycles. The second-order valence-corrected chi connectivity index (χ2v) is 6.84. The van der Waals surface area contributed by atoms with E-state index in [4.69, 9.17) is 9.47 Å². The van der Waals surface area contributed by atoms with Gasteiger partial charge < -0.3 is 14.8 Å². The molecule has 5 nitrogen and oxygen atoms in total. The van der Waals surface area contributed by atoms with E-state index in [2.05, 4.69) is 5.32 Å². The highest BCUT2D eigenvalue weighted by Crippen LogP contribution is 2.28. The molecule has 0 atom stereocenters. The summed E-state index contributed by atoms with van der Waals surface area (Å²) in [5, 5.41) is 2.82. The van der Waals surface area contributed by atoms with E-state index >= 15 is 0 Å². The van der Waals surface area contributed by atoms with Crippen molar-refractivity contribution in [3.63, 3.8) is 0 Å². The second-order valence-electron chi connectivity index (χ2n) is 6.84. The summed E-state index contributed by atoms with van der Waals surface area (Å²) in [6, 6.07) is 13.8. The van der Waals surface area contributed by atoms with Gasteiger partial charge in [-0.25, -0.2) is 0 Å². The number of para-hydroxylation sites is 1. The number of ether oxygens (including phenoxy) is 2. The number of carbonyl (C=O) groups excluding carboxylic acids is 2. The van der Waals surface area contributed by atoms with Crippen molar-refractivity contribution in [3.05, 3.63) is 54.1 Å². The number of amides is 1. The van der Waals surface area contributed by atoms with Gasteiger partial charge in [0.1, 0.15) is 11.5 Å². The maximum atomic E-state index is 12.4. The number of rotatable bonds is 7. The fourth-order valence-corrected chi connectivity index (χ4v) is 3.44. The van der Waals surface area contributed by atoms with E-state index in [-0.39, 0.29) is 11.9 Å². The molecule has 2 aromatic rings. The number of hydrogen-bond acceptors (Lipinski definition) is 4. The van der Waals surface area contributed by atoms with Crippen LogP contribution in [0.2, 0.25) is 0 Å². The van der Waals surface area contributed by atoms with Gasteiger partial charge in [0.2, 0.25) is 0 Å². The largest absolute Gasteiger partial charge is 0.496 e. The van der Waals surface area contributed by atoms with Crippen molar-refractivity contribution in [2.75, 3.05) is 12.4 Å². The zero-order chi connectivity index (χ0) is 19.1. The summed E-state index contributed by atoms with van der Waals surface area (Å²) >= 11 is 0. The molecular formula is C22H25NO4. The van der Waals surface area contributed by atoms with E-state index in [9.17, 15) is 9.59 Å². The Kier molecular flexibility index (Phi) is 6.47. The van der Waals surface area contributed by atoms with E-state index in [1.165, 1.54) is 32.8 Å². The molecule has 1 amide bonds. The molecule has 27 heavy (non-hydrogen) atoms. The van der Waals surface area contributed by atoms with Crippen molar-refractivity contribution in [2.45, 2.75) is 38.5 Å². The van der Waals surface area contributed by atoms with Crippen LogP contribution < -0.4 is 14.8 Å². The predicted molar refractivity (Wildman–Crippen MR) is 104 cm³/mol. The summed E-state index contributed by atoms with van der Waals surface area (Å²) in [4.78, 5) is 24.4. The molecule has 1 fully saturated rings. The van der Waals surface area contributed by atoms with Crippen molar-refractivity contribution >= 4 is 17.6 Å². The minimum Gasteiger partial charge on any atom is -0.496 e. The van der Waals surface area contributed by atoms with Crippen LogP contribution in [-0.4, -0.2) is 19.0 Å². The Labute approximate surface area is 159 Å². The lowest BCUT2D eigenvalue weighted by molar-refractivity contribution is -0.134. The summed E-state index contributed by atoms with van der Waals surface area (Å²) < 4.78 is 10.6. The highest BCUT2D eigenvalue weighted by molar-refractivity contribution is 6.06. The smallest absolute Gasteiger partial charge is 0.311 e. The summed E-state index contributed by atoms with van der Waals surface area (Å²) in [7, 11) is 1.53. The zero-order valence-electron chi connectivity index (χ0n) is 15.6. The van der Waals surface area contributed by atoms with E-state index in [0.717, 1.165) is 6.42 Å². The van der Waals surface area contributed by atoms with E-state index < -0.39 is 0 Å². The number of hydrogen-bond donors (Lipinski definition) is 1. The number of esters is 1. The normalized spacial score (nSPS) is 14.0. The van der Waals surface area contributed by atoms with Crippen LogP contribution in [0, 0.1) is 5.92 Å². The summed E-state index contributed by atoms with van der Waals surface area (Å²) in [6.07, 6.45) is 6.38. The van der Waals surface area contributed by atoms with Gasteiger partial charge in [0.15, 0.2) is 0 Å². The number of carbonyl (C=O) groups is 2. The molecule has 1 N–H and O–H groups in total. The van der Waals surface area contributed by atoms with Gasteiger partial charge in [-0.05, 0) is 48.7 Å². The molecule has 0 saturated heterocycles. The molecule has 0 bridgehead atoms. The first-order valence-electron chi connectivity index (χ1n) is 9.41. The number of benzene rings is 2. The van der Waals surface area contributed by atoms with Gasteiger partial charge in [-0.3, -0.25) is 9.59 Å². The van der Waals surface area contributed by atoms with Crippen molar-refractivity contribution in [1.29, 1.82) is 0 Å². The molecule has 5 heteroatoms. The predicted octanol–water partition coefficient (Wildman–Crippen LogP) is 4.82. The Morgan fingerprint density at radius 2 is 1.74 bits per heavy atom. The molecule has 2 aromatic carbocycles. The monoisotopic (exact) mass is 367 g/mol. The quantitative estimate of drug-likeness (QED) is 0.563. The zero-order valence-corrected chi connectivity index (χ0v) is 15.6. The minimum atomic E-state index is -0.256. The highest BCUT2D eigenvalue weighted by atomic mass is 16.5. The summed E-state index contributed by atoms with van der Waals surface area (Å²) in [5.74, 6) is 1.22. The molecule has 142 valence electrons. The van der Waals surface area contributed by atoms with Gasteiger partial charge >= 0.3 is 5.97 Å². The van der Waals surface area contributed by atoms with Crippen molar-refractivity contribution in [1.82, 2.24) is 0 Å². The topological polar surface area (TPSA) is 64.6 Å². The lowest BCUT2D eigenvalue weighted by atomic mass is 10.0. The van der Waals surface area contributed by atoms with Crippen LogP contribution in [0.5, 0.6) is 11.5 Å². The van der Waals surface area contributed by atoms with Crippen LogP contribution in [-0.2, 0) is 4.79 Å². The SMILES string of the molecule is COc1ccccc1C(=O)Nc1ccc(OC(=O)CCC2CCCC2)cc1. The average Bonchev–Trinajstić information content (AvgIpc) is 3.21. The van der Waals surface area contributed by atoms with Crippen LogP contribution in [0.15, 0.2) is 48.5 Å². The minimum absolute atomic E-state index is 0.201.